The van der Waals surface area contributed by atoms with Crippen LogP contribution in [0.25, 0.3) is 23.0 Å². The van der Waals surface area contributed by atoms with Crippen molar-refractivity contribution in [3.8, 4) is 23.0 Å². The van der Waals surface area contributed by atoms with E-state index in [1.807, 2.05) is 35.8 Å². The number of benzene rings is 2. The largest absolute Gasteiger partial charge is 0.365 e. The van der Waals surface area contributed by atoms with Gasteiger partial charge < -0.3 is 13.8 Å². The lowest BCUT2D eigenvalue weighted by Crippen LogP contribution is -2.20. The third kappa shape index (κ3) is 2.99. The van der Waals surface area contributed by atoms with Crippen LogP contribution in [0.4, 0.5) is 4.39 Å². The summed E-state index contributed by atoms with van der Waals surface area (Å²) < 4.78 is 26.6. The van der Waals surface area contributed by atoms with Crippen LogP contribution in [-0.4, -0.2) is 19.7 Å². The molecule has 0 saturated heterocycles. The first-order chi connectivity index (χ1) is 13.7. The lowest BCUT2D eigenvalue weighted by atomic mass is 10.1. The average Bonchev–Trinajstić information content (AvgIpc) is 3.35. The summed E-state index contributed by atoms with van der Waals surface area (Å²) in [5.41, 5.74) is 4.51. The molecule has 0 spiro atoms. The highest BCUT2D eigenvalue weighted by atomic mass is 19.1. The Hall–Kier alpha value is -3.32. The molecule has 140 valence electrons. The van der Waals surface area contributed by atoms with E-state index in [0.29, 0.717) is 30.6 Å². The molecule has 2 aromatic carbocycles. The van der Waals surface area contributed by atoms with E-state index in [-0.39, 0.29) is 11.9 Å². The molecular formula is C21H17FN4O2. The molecule has 28 heavy (non-hydrogen) atoms. The standard InChI is InChI=1S/C21H17FN4O2/c1-13-2-4-15(5-3-13)20-24-21(28-25-20)19-17-11-27-18(10-26(17)12-23-19)14-6-8-16(22)9-7-14/h2-9,12,18H,10-11H2,1H3. The summed E-state index contributed by atoms with van der Waals surface area (Å²) in [7, 11) is 0. The number of hydrogen-bond acceptors (Lipinski definition) is 5. The Balaban J connectivity index is 1.41. The Morgan fingerprint density at radius 2 is 1.86 bits per heavy atom. The summed E-state index contributed by atoms with van der Waals surface area (Å²) >= 11 is 0. The van der Waals surface area contributed by atoms with Crippen molar-refractivity contribution in [2.75, 3.05) is 0 Å². The molecule has 4 aromatic rings. The predicted octanol–water partition coefficient (Wildman–Crippen LogP) is 4.32. The fraction of sp³-hybridized carbons (Fsp3) is 0.190. The fourth-order valence-electron chi connectivity index (χ4n) is 3.32. The molecule has 1 unspecified atom stereocenters. The monoisotopic (exact) mass is 376 g/mol. The first-order valence-corrected chi connectivity index (χ1v) is 8.99. The van der Waals surface area contributed by atoms with Gasteiger partial charge in [-0.05, 0) is 24.6 Å². The maximum absolute atomic E-state index is 13.1. The third-order valence-electron chi connectivity index (χ3n) is 4.91. The predicted molar refractivity (Wildman–Crippen MR) is 99.6 cm³/mol. The molecular weight excluding hydrogens is 359 g/mol. The highest BCUT2D eigenvalue weighted by Gasteiger charge is 2.26. The van der Waals surface area contributed by atoms with Gasteiger partial charge in [0.25, 0.3) is 5.89 Å². The van der Waals surface area contributed by atoms with Gasteiger partial charge in [-0.15, -0.1) is 0 Å². The number of halogens is 1. The number of fused-ring (bicyclic) bond motifs is 1. The second-order valence-corrected chi connectivity index (χ2v) is 6.83. The van der Waals surface area contributed by atoms with Crippen molar-refractivity contribution in [3.63, 3.8) is 0 Å². The second kappa shape index (κ2) is 6.69. The van der Waals surface area contributed by atoms with Gasteiger partial charge in [-0.3, -0.25) is 0 Å². The zero-order valence-electron chi connectivity index (χ0n) is 15.2. The average molecular weight is 376 g/mol. The SMILES string of the molecule is Cc1ccc(-c2noc(-c3ncn4c3COC(c3ccc(F)cc3)C4)n2)cc1. The molecule has 3 heterocycles. The summed E-state index contributed by atoms with van der Waals surface area (Å²) in [5.74, 6) is 0.636. The third-order valence-corrected chi connectivity index (χ3v) is 4.91. The minimum absolute atomic E-state index is 0.152. The van der Waals surface area contributed by atoms with E-state index in [1.54, 1.807) is 18.5 Å². The van der Waals surface area contributed by atoms with E-state index in [9.17, 15) is 4.39 Å². The molecule has 1 atom stereocenters. The summed E-state index contributed by atoms with van der Waals surface area (Å²) in [6.45, 7) is 2.98. The Bertz CT molecular complexity index is 1120. The molecule has 2 aromatic heterocycles. The topological polar surface area (TPSA) is 66.0 Å². The maximum Gasteiger partial charge on any atom is 0.278 e. The lowest BCUT2D eigenvalue weighted by Gasteiger charge is -2.25. The Labute approximate surface area is 160 Å². The Morgan fingerprint density at radius 3 is 2.64 bits per heavy atom. The molecule has 0 fully saturated rings. The molecule has 0 saturated carbocycles. The number of aromatic nitrogens is 4. The van der Waals surface area contributed by atoms with E-state index in [1.165, 1.54) is 17.7 Å². The van der Waals surface area contributed by atoms with Crippen LogP contribution in [0.1, 0.15) is 22.9 Å². The fourth-order valence-corrected chi connectivity index (χ4v) is 3.32. The van der Waals surface area contributed by atoms with Gasteiger partial charge in [0.15, 0.2) is 5.69 Å². The number of rotatable bonds is 3. The molecule has 1 aliphatic heterocycles. The number of imidazole rings is 1. The summed E-state index contributed by atoms with van der Waals surface area (Å²) in [4.78, 5) is 8.95. The van der Waals surface area contributed by atoms with Crippen LogP contribution in [0.2, 0.25) is 0 Å². The van der Waals surface area contributed by atoms with Gasteiger partial charge in [-0.2, -0.15) is 4.98 Å². The van der Waals surface area contributed by atoms with Crippen LogP contribution in [0.3, 0.4) is 0 Å². The number of hydrogen-bond donors (Lipinski definition) is 0. The van der Waals surface area contributed by atoms with Crippen LogP contribution < -0.4 is 0 Å². The van der Waals surface area contributed by atoms with Gasteiger partial charge in [0.2, 0.25) is 5.82 Å². The molecule has 1 aliphatic rings. The van der Waals surface area contributed by atoms with Crippen LogP contribution in [0, 0.1) is 12.7 Å². The normalized spacial score (nSPS) is 16.1. The van der Waals surface area contributed by atoms with E-state index < -0.39 is 0 Å². The minimum atomic E-state index is -0.258. The van der Waals surface area contributed by atoms with Crippen molar-refractivity contribution >= 4 is 0 Å². The van der Waals surface area contributed by atoms with Crippen LogP contribution >= 0.6 is 0 Å². The van der Waals surface area contributed by atoms with Crippen LogP contribution in [0.5, 0.6) is 0 Å². The summed E-state index contributed by atoms with van der Waals surface area (Å²) in [6.07, 6.45) is 1.60. The molecule has 5 rings (SSSR count). The molecule has 0 aliphatic carbocycles. The molecule has 0 amide bonds. The molecule has 0 radical (unpaired) electrons. The molecule has 6 nitrogen and oxygen atoms in total. The maximum atomic E-state index is 13.1. The molecule has 7 heteroatoms. The summed E-state index contributed by atoms with van der Waals surface area (Å²) in [5, 5.41) is 4.08. The summed E-state index contributed by atoms with van der Waals surface area (Å²) in [6, 6.07) is 14.3. The van der Waals surface area contributed by atoms with Crippen molar-refractivity contribution < 1.29 is 13.7 Å². The Kier molecular flexibility index (Phi) is 4.02. The van der Waals surface area contributed by atoms with E-state index >= 15 is 0 Å². The Morgan fingerprint density at radius 1 is 1.07 bits per heavy atom. The second-order valence-electron chi connectivity index (χ2n) is 6.83. The van der Waals surface area contributed by atoms with Gasteiger partial charge in [0.1, 0.15) is 11.9 Å². The zero-order valence-corrected chi connectivity index (χ0v) is 15.2. The zero-order chi connectivity index (χ0) is 19.1. The highest BCUT2D eigenvalue weighted by molar-refractivity contribution is 5.59. The van der Waals surface area contributed by atoms with Crippen LogP contribution in [-0.2, 0) is 17.9 Å². The number of ether oxygens (including phenoxy) is 1. The van der Waals surface area contributed by atoms with Crippen molar-refractivity contribution in [1.82, 2.24) is 19.7 Å². The van der Waals surface area contributed by atoms with Crippen molar-refractivity contribution in [2.24, 2.45) is 0 Å². The van der Waals surface area contributed by atoms with Gasteiger partial charge in [-0.25, -0.2) is 9.37 Å². The molecule has 0 N–H and O–H groups in total. The van der Waals surface area contributed by atoms with Crippen molar-refractivity contribution in [1.29, 1.82) is 0 Å². The van der Waals surface area contributed by atoms with Gasteiger partial charge in [-0.1, -0.05) is 47.1 Å². The van der Waals surface area contributed by atoms with E-state index in [2.05, 4.69) is 15.1 Å². The first-order valence-electron chi connectivity index (χ1n) is 8.99. The quantitative estimate of drug-likeness (QED) is 0.533. The number of aryl methyl sites for hydroxylation is 1. The number of nitrogens with zero attached hydrogens (tertiary/aromatic N) is 4. The van der Waals surface area contributed by atoms with Gasteiger partial charge in [0, 0.05) is 5.56 Å². The highest BCUT2D eigenvalue weighted by Crippen LogP contribution is 2.31. The molecule has 0 bridgehead atoms. The van der Waals surface area contributed by atoms with Gasteiger partial charge >= 0.3 is 0 Å². The minimum Gasteiger partial charge on any atom is -0.365 e. The van der Waals surface area contributed by atoms with E-state index in [0.717, 1.165) is 16.8 Å². The van der Waals surface area contributed by atoms with Crippen molar-refractivity contribution in [2.45, 2.75) is 26.2 Å². The smallest absolute Gasteiger partial charge is 0.278 e. The van der Waals surface area contributed by atoms with Crippen LogP contribution in [0.15, 0.2) is 59.4 Å². The van der Waals surface area contributed by atoms with Gasteiger partial charge in [0.05, 0.1) is 25.2 Å². The van der Waals surface area contributed by atoms with Crippen molar-refractivity contribution in [3.05, 3.63) is 77.5 Å². The lowest BCUT2D eigenvalue weighted by molar-refractivity contribution is 0.00326. The first kappa shape index (κ1) is 16.8. The van der Waals surface area contributed by atoms with E-state index in [4.69, 9.17) is 9.26 Å².